The number of rotatable bonds is 7. The number of nitrogens with one attached hydrogen (secondary N) is 1. The Labute approximate surface area is 111 Å². The van der Waals surface area contributed by atoms with Gasteiger partial charge in [-0.3, -0.25) is 0 Å². The van der Waals surface area contributed by atoms with E-state index in [1.807, 2.05) is 11.3 Å². The van der Waals surface area contributed by atoms with Gasteiger partial charge in [0.1, 0.15) is 0 Å². The fraction of sp³-hybridized carbons (Fsp3) is 0.692. The van der Waals surface area contributed by atoms with Crippen LogP contribution >= 0.6 is 27.3 Å². The Morgan fingerprint density at radius 3 is 2.88 bits per heavy atom. The van der Waals surface area contributed by atoms with Gasteiger partial charge in [0.2, 0.25) is 0 Å². The Morgan fingerprint density at radius 2 is 2.31 bits per heavy atom. The lowest BCUT2D eigenvalue weighted by Crippen LogP contribution is -2.32. The van der Waals surface area contributed by atoms with Gasteiger partial charge in [-0.15, -0.1) is 11.3 Å². The van der Waals surface area contributed by atoms with Gasteiger partial charge in [-0.2, -0.15) is 0 Å². The van der Waals surface area contributed by atoms with Crippen molar-refractivity contribution in [2.75, 3.05) is 6.54 Å². The normalized spacial score (nSPS) is 17.6. The molecule has 16 heavy (non-hydrogen) atoms. The van der Waals surface area contributed by atoms with E-state index in [4.69, 9.17) is 0 Å². The summed E-state index contributed by atoms with van der Waals surface area (Å²) in [5.41, 5.74) is 0. The quantitative estimate of drug-likeness (QED) is 0.795. The second-order valence-electron chi connectivity index (χ2n) is 4.64. The third kappa shape index (κ3) is 3.86. The Balaban J connectivity index is 1.77. The van der Waals surface area contributed by atoms with E-state index in [-0.39, 0.29) is 0 Å². The van der Waals surface area contributed by atoms with Crippen LogP contribution in [-0.2, 0) is 6.42 Å². The van der Waals surface area contributed by atoms with Crippen LogP contribution in [0.3, 0.4) is 0 Å². The fourth-order valence-electron chi connectivity index (χ4n) is 2.12. The summed E-state index contributed by atoms with van der Waals surface area (Å²) in [7, 11) is 0. The van der Waals surface area contributed by atoms with Gasteiger partial charge in [0.05, 0.1) is 3.79 Å². The lowest BCUT2D eigenvalue weighted by atomic mass is 10.1. The Bertz CT molecular complexity index is 319. The van der Waals surface area contributed by atoms with Crippen LogP contribution in [-0.4, -0.2) is 12.6 Å². The maximum atomic E-state index is 3.70. The lowest BCUT2D eigenvalue weighted by Gasteiger charge is -2.17. The van der Waals surface area contributed by atoms with E-state index >= 15 is 0 Å². The zero-order chi connectivity index (χ0) is 11.4. The summed E-state index contributed by atoms with van der Waals surface area (Å²) in [6, 6.07) is 5.17. The molecule has 1 N–H and O–H groups in total. The average molecular weight is 302 g/mol. The van der Waals surface area contributed by atoms with Crippen molar-refractivity contribution in [1.29, 1.82) is 0 Å². The molecule has 90 valence electrons. The fourth-order valence-corrected chi connectivity index (χ4v) is 3.62. The first-order valence-corrected chi connectivity index (χ1v) is 7.88. The molecule has 3 heteroatoms. The predicted molar refractivity (Wildman–Crippen MR) is 75.1 cm³/mol. The second kappa shape index (κ2) is 6.18. The Kier molecular flexibility index (Phi) is 4.86. The molecule has 1 aromatic heterocycles. The van der Waals surface area contributed by atoms with E-state index in [1.54, 1.807) is 0 Å². The van der Waals surface area contributed by atoms with Crippen LogP contribution in [0.15, 0.2) is 15.9 Å². The second-order valence-corrected chi connectivity index (χ2v) is 7.19. The molecule has 1 fully saturated rings. The molecule has 1 atom stereocenters. The van der Waals surface area contributed by atoms with Crippen molar-refractivity contribution in [1.82, 2.24) is 5.32 Å². The maximum absolute atomic E-state index is 3.70. The van der Waals surface area contributed by atoms with E-state index in [0.29, 0.717) is 0 Å². The van der Waals surface area contributed by atoms with E-state index in [2.05, 4.69) is 40.3 Å². The van der Waals surface area contributed by atoms with Gasteiger partial charge in [-0.25, -0.2) is 0 Å². The van der Waals surface area contributed by atoms with E-state index in [9.17, 15) is 0 Å². The number of halogens is 1. The molecule has 1 saturated carbocycles. The van der Waals surface area contributed by atoms with Crippen LogP contribution in [0.1, 0.15) is 37.5 Å². The first-order valence-electron chi connectivity index (χ1n) is 6.27. The molecule has 0 spiro atoms. The van der Waals surface area contributed by atoms with E-state index in [0.717, 1.165) is 12.0 Å². The zero-order valence-corrected chi connectivity index (χ0v) is 12.2. The number of hydrogen-bond donors (Lipinski definition) is 1. The highest BCUT2D eigenvalue weighted by Gasteiger charge is 2.30. The molecule has 1 aliphatic carbocycles. The minimum atomic E-state index is 0.765. The molecule has 1 nitrogen and oxygen atoms in total. The van der Waals surface area contributed by atoms with Gasteiger partial charge >= 0.3 is 0 Å². The molecule has 0 amide bonds. The average Bonchev–Trinajstić information content (AvgIpc) is 3.03. The van der Waals surface area contributed by atoms with Crippen molar-refractivity contribution in [3.05, 3.63) is 20.8 Å². The largest absolute Gasteiger partial charge is 0.314 e. The smallest absolute Gasteiger partial charge is 0.0701 e. The third-order valence-electron chi connectivity index (χ3n) is 3.18. The summed E-state index contributed by atoms with van der Waals surface area (Å²) in [5.74, 6) is 0.968. The van der Waals surface area contributed by atoms with Crippen molar-refractivity contribution in [2.24, 2.45) is 5.92 Å². The van der Waals surface area contributed by atoms with Crippen LogP contribution in [0.4, 0.5) is 0 Å². The summed E-state index contributed by atoms with van der Waals surface area (Å²) in [5, 5.41) is 3.70. The minimum absolute atomic E-state index is 0.765. The van der Waals surface area contributed by atoms with Gasteiger partial charge in [-0.1, -0.05) is 6.92 Å². The van der Waals surface area contributed by atoms with Crippen molar-refractivity contribution >= 4 is 27.3 Å². The summed E-state index contributed by atoms with van der Waals surface area (Å²) < 4.78 is 1.26. The topological polar surface area (TPSA) is 12.0 Å². The van der Waals surface area contributed by atoms with Gasteiger partial charge in [0, 0.05) is 10.9 Å². The van der Waals surface area contributed by atoms with Crippen LogP contribution < -0.4 is 5.32 Å². The third-order valence-corrected chi connectivity index (χ3v) is 4.86. The highest BCUT2D eigenvalue weighted by Crippen LogP contribution is 2.35. The SMILES string of the molecule is CCCNC(CCc1ccc(Br)s1)C1CC1. The van der Waals surface area contributed by atoms with Gasteiger partial charge in [0.25, 0.3) is 0 Å². The first kappa shape index (κ1) is 12.6. The molecule has 1 aromatic rings. The summed E-state index contributed by atoms with van der Waals surface area (Å²) >= 11 is 5.40. The van der Waals surface area contributed by atoms with Crippen molar-refractivity contribution in [2.45, 2.75) is 45.1 Å². The Morgan fingerprint density at radius 1 is 1.50 bits per heavy atom. The standard InChI is InChI=1S/C13H20BrNS/c1-2-9-15-12(10-3-4-10)7-5-11-6-8-13(14)16-11/h6,8,10,12,15H,2-5,7,9H2,1H3. The number of thiophene rings is 1. The Hall–Kier alpha value is 0.140. The molecule has 0 aromatic carbocycles. The van der Waals surface area contributed by atoms with E-state index in [1.165, 1.54) is 47.3 Å². The molecule has 0 saturated heterocycles. The van der Waals surface area contributed by atoms with E-state index < -0.39 is 0 Å². The monoisotopic (exact) mass is 301 g/mol. The minimum Gasteiger partial charge on any atom is -0.314 e. The van der Waals surface area contributed by atoms with Crippen molar-refractivity contribution in [3.63, 3.8) is 0 Å². The van der Waals surface area contributed by atoms with Crippen LogP contribution in [0, 0.1) is 5.92 Å². The van der Waals surface area contributed by atoms with Crippen molar-refractivity contribution in [3.8, 4) is 0 Å². The highest BCUT2D eigenvalue weighted by atomic mass is 79.9. The number of aryl methyl sites for hydroxylation is 1. The summed E-state index contributed by atoms with van der Waals surface area (Å²) in [6.45, 7) is 3.42. The molecule has 0 bridgehead atoms. The van der Waals surface area contributed by atoms with Crippen LogP contribution in [0.5, 0.6) is 0 Å². The van der Waals surface area contributed by atoms with Crippen LogP contribution in [0.2, 0.25) is 0 Å². The van der Waals surface area contributed by atoms with Crippen LogP contribution in [0.25, 0.3) is 0 Å². The van der Waals surface area contributed by atoms with Gasteiger partial charge < -0.3 is 5.32 Å². The van der Waals surface area contributed by atoms with Gasteiger partial charge in [-0.05, 0) is 72.6 Å². The summed E-state index contributed by atoms with van der Waals surface area (Å²) in [4.78, 5) is 1.51. The molecule has 0 aliphatic heterocycles. The summed E-state index contributed by atoms with van der Waals surface area (Å²) in [6.07, 6.45) is 6.66. The molecule has 1 unspecified atom stereocenters. The zero-order valence-electron chi connectivity index (χ0n) is 9.84. The highest BCUT2D eigenvalue weighted by molar-refractivity contribution is 9.11. The molecular formula is C13H20BrNS. The molecule has 2 rings (SSSR count). The first-order chi connectivity index (χ1) is 7.79. The maximum Gasteiger partial charge on any atom is 0.0701 e. The van der Waals surface area contributed by atoms with Gasteiger partial charge in [0.15, 0.2) is 0 Å². The molecular weight excluding hydrogens is 282 g/mol. The lowest BCUT2D eigenvalue weighted by molar-refractivity contribution is 0.437. The number of hydrogen-bond acceptors (Lipinski definition) is 2. The predicted octanol–water partition coefficient (Wildman–Crippen LogP) is 4.22. The van der Waals surface area contributed by atoms with Crippen molar-refractivity contribution < 1.29 is 0 Å². The molecule has 0 radical (unpaired) electrons. The molecule has 1 aliphatic rings. The molecule has 1 heterocycles.